The summed E-state index contributed by atoms with van der Waals surface area (Å²) >= 11 is 0. The van der Waals surface area contributed by atoms with Crippen LogP contribution in [0.3, 0.4) is 0 Å². The standard InChI is InChI=1S/C6H9F4NO/c1-3(2)5(7,4(11)12)6(8,9)10/h3H,1-2H3,(H2,11,12). The summed E-state index contributed by atoms with van der Waals surface area (Å²) in [6, 6.07) is 0. The second-order valence-corrected chi connectivity index (χ2v) is 2.73. The van der Waals surface area contributed by atoms with E-state index in [-0.39, 0.29) is 0 Å². The maximum atomic E-state index is 12.9. The number of nitrogens with two attached hydrogens (primary N) is 1. The van der Waals surface area contributed by atoms with Crippen LogP contribution in [0, 0.1) is 5.92 Å². The van der Waals surface area contributed by atoms with Gasteiger partial charge in [-0.05, 0) is 0 Å². The first kappa shape index (κ1) is 11.2. The molecule has 0 fully saturated rings. The smallest absolute Gasteiger partial charge is 0.367 e. The van der Waals surface area contributed by atoms with Crippen molar-refractivity contribution in [2.45, 2.75) is 25.7 Å². The average Bonchev–Trinajstić information content (AvgIpc) is 1.82. The molecule has 2 nitrogen and oxygen atoms in total. The number of hydrogen-bond acceptors (Lipinski definition) is 1. The lowest BCUT2D eigenvalue weighted by Crippen LogP contribution is -2.55. The van der Waals surface area contributed by atoms with Gasteiger partial charge in [0.2, 0.25) is 0 Å². The third-order valence-electron chi connectivity index (χ3n) is 1.57. The minimum absolute atomic E-state index is 0.943. The van der Waals surface area contributed by atoms with Crippen molar-refractivity contribution in [1.29, 1.82) is 0 Å². The number of primary amides is 1. The fourth-order valence-corrected chi connectivity index (χ4v) is 0.752. The molecule has 0 aliphatic carbocycles. The first-order valence-electron chi connectivity index (χ1n) is 3.19. The number of alkyl halides is 4. The summed E-state index contributed by atoms with van der Waals surface area (Å²) in [6.45, 7) is 1.89. The average molecular weight is 187 g/mol. The Morgan fingerprint density at radius 1 is 1.25 bits per heavy atom. The molecule has 0 saturated carbocycles. The predicted octanol–water partition coefficient (Wildman–Crippen LogP) is 1.40. The molecule has 0 spiro atoms. The van der Waals surface area contributed by atoms with Crippen molar-refractivity contribution < 1.29 is 22.4 Å². The van der Waals surface area contributed by atoms with Crippen molar-refractivity contribution >= 4 is 5.91 Å². The SMILES string of the molecule is CC(C)C(F)(C(N)=O)C(F)(F)F. The van der Waals surface area contributed by atoms with E-state index in [4.69, 9.17) is 0 Å². The van der Waals surface area contributed by atoms with Crippen molar-refractivity contribution in [1.82, 2.24) is 0 Å². The summed E-state index contributed by atoms with van der Waals surface area (Å²) in [7, 11) is 0. The molecule has 0 aliphatic rings. The molecule has 72 valence electrons. The number of carbonyl (C=O) groups is 1. The zero-order valence-electron chi connectivity index (χ0n) is 6.57. The summed E-state index contributed by atoms with van der Waals surface area (Å²) < 4.78 is 48.7. The highest BCUT2D eigenvalue weighted by Crippen LogP contribution is 2.39. The summed E-state index contributed by atoms with van der Waals surface area (Å²) in [5.74, 6) is -3.51. The van der Waals surface area contributed by atoms with Gasteiger partial charge >= 0.3 is 6.18 Å². The van der Waals surface area contributed by atoms with Gasteiger partial charge in [0, 0.05) is 5.92 Å². The Kier molecular flexibility index (Phi) is 2.72. The van der Waals surface area contributed by atoms with Crippen molar-refractivity contribution in [3.05, 3.63) is 0 Å². The Morgan fingerprint density at radius 3 is 1.58 bits per heavy atom. The fraction of sp³-hybridized carbons (Fsp3) is 0.833. The lowest BCUT2D eigenvalue weighted by atomic mass is 9.91. The number of rotatable bonds is 2. The highest BCUT2D eigenvalue weighted by atomic mass is 19.4. The molecule has 0 aromatic heterocycles. The van der Waals surface area contributed by atoms with E-state index in [2.05, 4.69) is 5.73 Å². The quantitative estimate of drug-likeness (QED) is 0.652. The van der Waals surface area contributed by atoms with Gasteiger partial charge in [0.15, 0.2) is 0 Å². The Balaban J connectivity index is 5.02. The first-order chi connectivity index (χ1) is 5.14. The predicted molar refractivity (Wildman–Crippen MR) is 33.9 cm³/mol. The van der Waals surface area contributed by atoms with E-state index in [1.54, 1.807) is 0 Å². The van der Waals surface area contributed by atoms with E-state index >= 15 is 0 Å². The van der Waals surface area contributed by atoms with Gasteiger partial charge in [-0.3, -0.25) is 4.79 Å². The van der Waals surface area contributed by atoms with E-state index in [9.17, 15) is 22.4 Å². The van der Waals surface area contributed by atoms with Gasteiger partial charge in [-0.15, -0.1) is 0 Å². The van der Waals surface area contributed by atoms with Crippen molar-refractivity contribution in [3.63, 3.8) is 0 Å². The van der Waals surface area contributed by atoms with Gasteiger partial charge in [0.25, 0.3) is 11.6 Å². The molecule has 0 aliphatic heterocycles. The van der Waals surface area contributed by atoms with E-state index in [1.165, 1.54) is 0 Å². The van der Waals surface area contributed by atoms with Crippen molar-refractivity contribution in [3.8, 4) is 0 Å². The number of hydrogen-bond donors (Lipinski definition) is 1. The third kappa shape index (κ3) is 1.51. The second kappa shape index (κ2) is 2.91. The van der Waals surface area contributed by atoms with Gasteiger partial charge in [-0.1, -0.05) is 13.8 Å². The number of halogens is 4. The number of amides is 1. The number of carbonyl (C=O) groups excluding carboxylic acids is 1. The van der Waals surface area contributed by atoms with Gasteiger partial charge < -0.3 is 5.73 Å². The van der Waals surface area contributed by atoms with Crippen LogP contribution in [0.15, 0.2) is 0 Å². The zero-order chi connectivity index (χ0) is 10.2. The molecule has 0 bridgehead atoms. The highest BCUT2D eigenvalue weighted by Gasteiger charge is 2.62. The lowest BCUT2D eigenvalue weighted by Gasteiger charge is -2.27. The molecule has 12 heavy (non-hydrogen) atoms. The molecule has 0 radical (unpaired) electrons. The Labute approximate surface area is 66.7 Å². The monoisotopic (exact) mass is 187 g/mol. The van der Waals surface area contributed by atoms with E-state index in [0.29, 0.717) is 0 Å². The van der Waals surface area contributed by atoms with Crippen molar-refractivity contribution in [2.75, 3.05) is 0 Å². The van der Waals surface area contributed by atoms with Crippen LogP contribution in [0.25, 0.3) is 0 Å². The minimum Gasteiger partial charge on any atom is -0.367 e. The molecule has 1 amide bonds. The molecule has 2 N–H and O–H groups in total. The first-order valence-corrected chi connectivity index (χ1v) is 3.19. The van der Waals surface area contributed by atoms with Gasteiger partial charge in [0.1, 0.15) is 0 Å². The molecule has 1 atom stereocenters. The van der Waals surface area contributed by atoms with Crippen LogP contribution in [0.2, 0.25) is 0 Å². The van der Waals surface area contributed by atoms with Crippen LogP contribution < -0.4 is 5.73 Å². The highest BCUT2D eigenvalue weighted by molar-refractivity contribution is 5.84. The Hall–Kier alpha value is -0.810. The Morgan fingerprint density at radius 2 is 1.58 bits per heavy atom. The summed E-state index contributed by atoms with van der Waals surface area (Å²) in [4.78, 5) is 10.2. The van der Waals surface area contributed by atoms with Gasteiger partial charge in [-0.25, -0.2) is 4.39 Å². The van der Waals surface area contributed by atoms with Gasteiger partial charge in [0.05, 0.1) is 0 Å². The fourth-order valence-electron chi connectivity index (χ4n) is 0.752. The van der Waals surface area contributed by atoms with Crippen LogP contribution in [-0.4, -0.2) is 17.8 Å². The molecule has 6 heteroatoms. The molecule has 0 aromatic carbocycles. The maximum Gasteiger partial charge on any atom is 0.431 e. The van der Waals surface area contributed by atoms with Crippen LogP contribution in [-0.2, 0) is 4.79 Å². The largest absolute Gasteiger partial charge is 0.431 e. The normalized spacial score (nSPS) is 17.6. The van der Waals surface area contributed by atoms with Crippen molar-refractivity contribution in [2.24, 2.45) is 11.7 Å². The zero-order valence-corrected chi connectivity index (χ0v) is 6.57. The molecular weight excluding hydrogens is 178 g/mol. The molecule has 0 rings (SSSR count). The molecule has 0 heterocycles. The van der Waals surface area contributed by atoms with Crippen LogP contribution in [0.1, 0.15) is 13.8 Å². The van der Waals surface area contributed by atoms with Crippen LogP contribution >= 0.6 is 0 Å². The minimum atomic E-state index is -5.24. The van der Waals surface area contributed by atoms with Crippen LogP contribution in [0.5, 0.6) is 0 Å². The summed E-state index contributed by atoms with van der Waals surface area (Å²) in [6.07, 6.45) is -5.24. The van der Waals surface area contributed by atoms with Crippen LogP contribution in [0.4, 0.5) is 17.6 Å². The Bertz CT molecular complexity index is 188. The maximum absolute atomic E-state index is 12.9. The summed E-state index contributed by atoms with van der Waals surface area (Å²) in [5.41, 5.74) is 0.400. The van der Waals surface area contributed by atoms with Gasteiger partial charge in [-0.2, -0.15) is 13.2 Å². The second-order valence-electron chi connectivity index (χ2n) is 2.73. The third-order valence-corrected chi connectivity index (χ3v) is 1.57. The topological polar surface area (TPSA) is 43.1 Å². The molecular formula is C6H9F4NO. The molecule has 0 saturated heterocycles. The summed E-state index contributed by atoms with van der Waals surface area (Å²) in [5, 5.41) is 0. The molecule has 1 unspecified atom stereocenters. The van der Waals surface area contributed by atoms with E-state index < -0.39 is 23.7 Å². The molecule has 0 aromatic rings. The lowest BCUT2D eigenvalue weighted by molar-refractivity contribution is -0.237. The van der Waals surface area contributed by atoms with E-state index in [1.807, 2.05) is 0 Å². The van der Waals surface area contributed by atoms with E-state index in [0.717, 1.165) is 13.8 Å².